The lowest BCUT2D eigenvalue weighted by molar-refractivity contribution is -0.113. The maximum absolute atomic E-state index is 13.4. The molecule has 0 radical (unpaired) electrons. The third-order valence-electron chi connectivity index (χ3n) is 6.07. The molecule has 1 amide bonds. The Balaban J connectivity index is 1.51. The Kier molecular flexibility index (Phi) is 6.07. The molecule has 3 aromatic rings. The van der Waals surface area contributed by atoms with Crippen LogP contribution in [0, 0.1) is 0 Å². The van der Waals surface area contributed by atoms with E-state index in [2.05, 4.69) is 53.3 Å². The molecule has 2 aliphatic rings. The number of morpholine rings is 1. The number of anilines is 1. The summed E-state index contributed by atoms with van der Waals surface area (Å²) in [4.78, 5) is 32.2. The van der Waals surface area contributed by atoms with Crippen LogP contribution in [-0.2, 0) is 16.1 Å². The van der Waals surface area contributed by atoms with E-state index in [-0.39, 0.29) is 17.5 Å². The van der Waals surface area contributed by atoms with Gasteiger partial charge in [0.05, 0.1) is 41.2 Å². The predicted octanol–water partition coefficient (Wildman–Crippen LogP) is 3.70. The first-order valence-electron chi connectivity index (χ1n) is 10.9. The van der Waals surface area contributed by atoms with E-state index in [0.29, 0.717) is 47.3 Å². The number of benzene rings is 1. The van der Waals surface area contributed by atoms with Crippen molar-refractivity contribution in [3.63, 3.8) is 0 Å². The number of carbonyl (C=O) groups is 1. The summed E-state index contributed by atoms with van der Waals surface area (Å²) in [7, 11) is 0. The summed E-state index contributed by atoms with van der Waals surface area (Å²) in [5, 5.41) is 2.88. The molecule has 1 atom stereocenters. The third-order valence-corrected chi connectivity index (χ3v) is 8.51. The van der Waals surface area contributed by atoms with Gasteiger partial charge in [-0.15, -0.1) is 23.1 Å². The van der Waals surface area contributed by atoms with Gasteiger partial charge in [0.25, 0.3) is 5.56 Å². The smallest absolute Gasteiger partial charge is 0.271 e. The zero-order valence-electron chi connectivity index (χ0n) is 18.2. The van der Waals surface area contributed by atoms with Crippen LogP contribution >= 0.6 is 23.1 Å². The van der Waals surface area contributed by atoms with Gasteiger partial charge in [0, 0.05) is 19.6 Å². The number of fused-ring (bicyclic) bond motifs is 3. The van der Waals surface area contributed by atoms with Gasteiger partial charge < -0.3 is 10.1 Å². The van der Waals surface area contributed by atoms with Crippen molar-refractivity contribution < 1.29 is 9.53 Å². The van der Waals surface area contributed by atoms with Gasteiger partial charge in [-0.3, -0.25) is 19.1 Å². The van der Waals surface area contributed by atoms with E-state index in [1.807, 2.05) is 0 Å². The van der Waals surface area contributed by atoms with Crippen LogP contribution in [0.2, 0.25) is 0 Å². The van der Waals surface area contributed by atoms with E-state index >= 15 is 0 Å². The molecule has 1 saturated heterocycles. The maximum atomic E-state index is 13.4. The molecule has 9 heteroatoms. The van der Waals surface area contributed by atoms with Crippen molar-refractivity contribution in [1.29, 1.82) is 0 Å². The summed E-state index contributed by atoms with van der Waals surface area (Å²) in [5.74, 6) is 0.799. The normalized spacial score (nSPS) is 18.0. The highest BCUT2D eigenvalue weighted by molar-refractivity contribution is 8.02. The average Bonchev–Trinajstić information content (AvgIpc) is 3.18. The largest absolute Gasteiger partial charge is 0.379 e. The van der Waals surface area contributed by atoms with Crippen LogP contribution in [-0.4, -0.2) is 52.4 Å². The number of nitrogens with one attached hydrogen (secondary N) is 1. The molecule has 4 heterocycles. The summed E-state index contributed by atoms with van der Waals surface area (Å²) in [6.45, 7) is 7.95. The number of thioether (sulfide) groups is 1. The van der Waals surface area contributed by atoms with E-state index in [0.717, 1.165) is 17.3 Å². The van der Waals surface area contributed by atoms with Gasteiger partial charge in [-0.1, -0.05) is 38.1 Å². The minimum absolute atomic E-state index is 0.0506. The summed E-state index contributed by atoms with van der Waals surface area (Å²) < 4.78 is 8.84. The fourth-order valence-corrected chi connectivity index (χ4v) is 6.42. The zero-order valence-corrected chi connectivity index (χ0v) is 19.8. The maximum Gasteiger partial charge on any atom is 0.271 e. The van der Waals surface area contributed by atoms with Gasteiger partial charge in [0.2, 0.25) is 5.91 Å². The quantitative estimate of drug-likeness (QED) is 0.613. The summed E-state index contributed by atoms with van der Waals surface area (Å²) in [5.41, 5.74) is 3.72. The molecule has 168 valence electrons. The summed E-state index contributed by atoms with van der Waals surface area (Å²) in [6.07, 6.45) is 1.62. The van der Waals surface area contributed by atoms with Crippen LogP contribution in [0.3, 0.4) is 0 Å². The molecule has 32 heavy (non-hydrogen) atoms. The molecule has 0 bridgehead atoms. The Hall–Kier alpha value is -2.20. The second kappa shape index (κ2) is 8.97. The Morgan fingerprint density at radius 2 is 1.84 bits per heavy atom. The Morgan fingerprint density at radius 3 is 2.56 bits per heavy atom. The number of carbonyl (C=O) groups excluding carboxylic acids is 1. The molecule has 2 aromatic heterocycles. The SMILES string of the molecule is CC(C)c1ccc([C@H](Cn2cnc3c4c(sc3c2=O)SCC(=O)N4)N2CCOCC2)cc1. The molecule has 5 rings (SSSR count). The highest BCUT2D eigenvalue weighted by atomic mass is 32.2. The van der Waals surface area contributed by atoms with Crippen LogP contribution in [0.15, 0.2) is 39.6 Å². The van der Waals surface area contributed by atoms with E-state index < -0.39 is 0 Å². The van der Waals surface area contributed by atoms with Crippen molar-refractivity contribution >= 4 is 44.9 Å². The molecular weight excluding hydrogens is 444 g/mol. The molecular formula is C23H26N4O3S2. The fraction of sp³-hybridized carbons (Fsp3) is 0.435. The molecule has 2 aliphatic heterocycles. The first-order valence-corrected chi connectivity index (χ1v) is 12.7. The lowest BCUT2D eigenvalue weighted by Crippen LogP contribution is -2.41. The molecule has 1 aromatic carbocycles. The minimum atomic E-state index is -0.0543. The highest BCUT2D eigenvalue weighted by Gasteiger charge is 2.26. The van der Waals surface area contributed by atoms with Crippen LogP contribution in [0.1, 0.15) is 36.9 Å². The van der Waals surface area contributed by atoms with Crippen molar-refractivity contribution in [2.45, 2.75) is 36.6 Å². The van der Waals surface area contributed by atoms with Gasteiger partial charge in [0.1, 0.15) is 10.2 Å². The molecule has 0 unspecified atom stereocenters. The topological polar surface area (TPSA) is 76.5 Å². The van der Waals surface area contributed by atoms with Crippen molar-refractivity contribution in [3.8, 4) is 0 Å². The van der Waals surface area contributed by atoms with E-state index in [4.69, 9.17) is 4.74 Å². The van der Waals surface area contributed by atoms with E-state index in [9.17, 15) is 9.59 Å². The molecule has 1 fully saturated rings. The molecule has 0 spiro atoms. The highest BCUT2D eigenvalue weighted by Crippen LogP contribution is 2.42. The number of rotatable bonds is 5. The number of nitrogens with zero attached hydrogens (tertiary/aromatic N) is 3. The standard InChI is InChI=1S/C23H26N4O3S2/c1-14(2)15-3-5-16(6-4-15)17(26-7-9-30-10-8-26)11-27-13-24-19-20-23(31-12-18(28)25-20)32-21(19)22(27)29/h3-6,13-14,17H,7-12H2,1-2H3,(H,25,28)/t17-/m0/s1. The van der Waals surface area contributed by atoms with E-state index in [1.54, 1.807) is 10.9 Å². The first-order chi connectivity index (χ1) is 15.5. The Labute approximate surface area is 194 Å². The van der Waals surface area contributed by atoms with Gasteiger partial charge >= 0.3 is 0 Å². The monoisotopic (exact) mass is 470 g/mol. The number of amides is 1. The fourth-order valence-electron chi connectivity index (χ4n) is 4.24. The Morgan fingerprint density at radius 1 is 1.12 bits per heavy atom. The summed E-state index contributed by atoms with van der Waals surface area (Å²) in [6, 6.07) is 8.79. The van der Waals surface area contributed by atoms with Gasteiger partial charge in [-0.2, -0.15) is 0 Å². The van der Waals surface area contributed by atoms with Crippen molar-refractivity contribution in [1.82, 2.24) is 14.5 Å². The molecule has 1 N–H and O–H groups in total. The van der Waals surface area contributed by atoms with Gasteiger partial charge in [-0.05, 0) is 17.0 Å². The number of thiophene rings is 1. The Bertz CT molecular complexity index is 1200. The first kappa shape index (κ1) is 21.6. The predicted molar refractivity (Wildman–Crippen MR) is 129 cm³/mol. The van der Waals surface area contributed by atoms with Crippen LogP contribution in [0.4, 0.5) is 5.69 Å². The second-order valence-corrected chi connectivity index (χ2v) is 10.7. The minimum Gasteiger partial charge on any atom is -0.379 e. The van der Waals surface area contributed by atoms with Gasteiger partial charge in [-0.25, -0.2) is 4.98 Å². The zero-order chi connectivity index (χ0) is 22.2. The van der Waals surface area contributed by atoms with Crippen molar-refractivity contribution in [2.24, 2.45) is 0 Å². The average molecular weight is 471 g/mol. The summed E-state index contributed by atoms with van der Waals surface area (Å²) >= 11 is 2.90. The molecule has 7 nitrogen and oxygen atoms in total. The third kappa shape index (κ3) is 4.10. The van der Waals surface area contributed by atoms with Crippen LogP contribution in [0.5, 0.6) is 0 Å². The molecule has 0 aliphatic carbocycles. The lowest BCUT2D eigenvalue weighted by Gasteiger charge is -2.35. The molecule has 0 saturated carbocycles. The number of ether oxygens (including phenoxy) is 1. The van der Waals surface area contributed by atoms with Crippen LogP contribution < -0.4 is 10.9 Å². The van der Waals surface area contributed by atoms with Crippen LogP contribution in [0.25, 0.3) is 10.2 Å². The van der Waals surface area contributed by atoms with Gasteiger partial charge in [0.15, 0.2) is 0 Å². The van der Waals surface area contributed by atoms with E-state index in [1.165, 1.54) is 34.2 Å². The number of hydrogen-bond donors (Lipinski definition) is 1. The van der Waals surface area contributed by atoms with Crippen molar-refractivity contribution in [3.05, 3.63) is 52.1 Å². The number of aromatic nitrogens is 2. The lowest BCUT2D eigenvalue weighted by atomic mass is 9.98. The number of hydrogen-bond acceptors (Lipinski definition) is 7. The second-order valence-electron chi connectivity index (χ2n) is 8.47. The van der Waals surface area contributed by atoms with Crippen molar-refractivity contribution in [2.75, 3.05) is 37.4 Å².